The van der Waals surface area contributed by atoms with E-state index in [1.54, 1.807) is 23.1 Å². The molecule has 0 aliphatic carbocycles. The smallest absolute Gasteiger partial charge is 0.294 e. The lowest BCUT2D eigenvalue weighted by Gasteiger charge is -2.22. The molecule has 2 saturated heterocycles. The zero-order valence-corrected chi connectivity index (χ0v) is 20.3. The summed E-state index contributed by atoms with van der Waals surface area (Å²) in [4.78, 5) is 41.0. The van der Waals surface area contributed by atoms with E-state index in [0.29, 0.717) is 41.8 Å². The van der Waals surface area contributed by atoms with E-state index in [9.17, 15) is 14.4 Å². The van der Waals surface area contributed by atoms with Gasteiger partial charge in [0.15, 0.2) is 11.5 Å². The molecule has 1 aromatic carbocycles. The summed E-state index contributed by atoms with van der Waals surface area (Å²) < 4.78 is 11.4. The Hall–Kier alpha value is -2.19. The van der Waals surface area contributed by atoms with Crippen LogP contribution in [0.2, 0.25) is 5.02 Å². The number of nitrogens with zero attached hydrogens (tertiary/aromatic N) is 2. The lowest BCUT2D eigenvalue weighted by atomic mass is 10.1. The van der Waals surface area contributed by atoms with Gasteiger partial charge in [0.05, 0.1) is 22.6 Å². The first-order chi connectivity index (χ1) is 15.3. The molecule has 0 atom stereocenters. The molecule has 0 N–H and O–H groups in total. The van der Waals surface area contributed by atoms with Gasteiger partial charge in [0.25, 0.3) is 11.1 Å². The molecule has 174 valence electrons. The predicted octanol–water partition coefficient (Wildman–Crippen LogP) is 4.96. The van der Waals surface area contributed by atoms with Crippen LogP contribution in [0.25, 0.3) is 6.08 Å². The highest BCUT2D eigenvalue weighted by molar-refractivity contribution is 8.18. The number of hydrogen-bond donors (Lipinski definition) is 0. The monoisotopic (exact) mass is 480 g/mol. The van der Waals surface area contributed by atoms with Gasteiger partial charge in [-0.2, -0.15) is 0 Å². The topological polar surface area (TPSA) is 76.2 Å². The SMILES string of the molecule is CCOc1cc(C=C2SC(=O)N(CC(=O)N3CCCCCC3)C2=O)cc(Cl)c1OC(C)C. The predicted molar refractivity (Wildman–Crippen MR) is 126 cm³/mol. The minimum atomic E-state index is -0.472. The van der Waals surface area contributed by atoms with Crippen molar-refractivity contribution in [1.29, 1.82) is 0 Å². The van der Waals surface area contributed by atoms with Gasteiger partial charge in [-0.05, 0) is 69.1 Å². The second-order valence-corrected chi connectivity index (χ2v) is 9.39. The number of rotatable bonds is 7. The van der Waals surface area contributed by atoms with Crippen molar-refractivity contribution in [1.82, 2.24) is 9.80 Å². The molecular formula is C23H29ClN2O5S. The van der Waals surface area contributed by atoms with E-state index in [4.69, 9.17) is 21.1 Å². The fraction of sp³-hybridized carbons (Fsp3) is 0.522. The molecule has 1 aromatic rings. The van der Waals surface area contributed by atoms with Crippen LogP contribution in [0.4, 0.5) is 4.79 Å². The first-order valence-electron chi connectivity index (χ1n) is 11.0. The lowest BCUT2D eigenvalue weighted by molar-refractivity contribution is -0.135. The van der Waals surface area contributed by atoms with Gasteiger partial charge < -0.3 is 14.4 Å². The summed E-state index contributed by atoms with van der Waals surface area (Å²) in [6.45, 7) is 7.18. The van der Waals surface area contributed by atoms with Crippen LogP contribution in [0.5, 0.6) is 11.5 Å². The van der Waals surface area contributed by atoms with Crippen molar-refractivity contribution in [3.05, 3.63) is 27.6 Å². The van der Waals surface area contributed by atoms with Gasteiger partial charge in [0.2, 0.25) is 5.91 Å². The molecule has 3 amide bonds. The van der Waals surface area contributed by atoms with Gasteiger partial charge >= 0.3 is 0 Å². The Bertz CT molecular complexity index is 910. The number of hydrogen-bond acceptors (Lipinski definition) is 6. The van der Waals surface area contributed by atoms with Crippen LogP contribution >= 0.6 is 23.4 Å². The molecule has 2 fully saturated rings. The van der Waals surface area contributed by atoms with E-state index in [1.165, 1.54) is 0 Å². The number of halogens is 1. The highest BCUT2D eigenvalue weighted by atomic mass is 35.5. The molecule has 0 aromatic heterocycles. The van der Waals surface area contributed by atoms with Crippen molar-refractivity contribution < 1.29 is 23.9 Å². The number of carbonyl (C=O) groups excluding carboxylic acids is 3. The van der Waals surface area contributed by atoms with Gasteiger partial charge in [0, 0.05) is 13.1 Å². The van der Waals surface area contributed by atoms with Crippen molar-refractivity contribution in [3.8, 4) is 11.5 Å². The number of likely N-dealkylation sites (tertiary alicyclic amines) is 1. The fourth-order valence-corrected chi connectivity index (χ4v) is 4.73. The van der Waals surface area contributed by atoms with Crippen LogP contribution in [-0.4, -0.2) is 59.2 Å². The second-order valence-electron chi connectivity index (χ2n) is 7.99. The average molecular weight is 481 g/mol. The Morgan fingerprint density at radius 2 is 1.88 bits per heavy atom. The van der Waals surface area contributed by atoms with Gasteiger partial charge in [-0.1, -0.05) is 24.4 Å². The molecule has 0 spiro atoms. The number of thioether (sulfide) groups is 1. The van der Waals surface area contributed by atoms with E-state index >= 15 is 0 Å². The molecule has 3 rings (SSSR count). The third-order valence-corrected chi connectivity index (χ3v) is 6.30. The van der Waals surface area contributed by atoms with Crippen LogP contribution in [0.15, 0.2) is 17.0 Å². The summed E-state index contributed by atoms with van der Waals surface area (Å²) in [5.41, 5.74) is 0.610. The van der Waals surface area contributed by atoms with Crippen molar-refractivity contribution >= 4 is 46.5 Å². The number of amides is 3. The third-order valence-electron chi connectivity index (χ3n) is 5.11. The van der Waals surface area contributed by atoms with E-state index < -0.39 is 11.1 Å². The van der Waals surface area contributed by atoms with E-state index in [2.05, 4.69) is 0 Å². The Labute approximate surface area is 198 Å². The molecule has 2 aliphatic heterocycles. The minimum absolute atomic E-state index is 0.0872. The maximum absolute atomic E-state index is 12.9. The Kier molecular flexibility index (Phi) is 8.48. The van der Waals surface area contributed by atoms with Gasteiger partial charge in [0.1, 0.15) is 6.54 Å². The molecule has 0 radical (unpaired) electrons. The summed E-state index contributed by atoms with van der Waals surface area (Å²) in [6.07, 6.45) is 5.60. The molecule has 0 unspecified atom stereocenters. The van der Waals surface area contributed by atoms with Gasteiger partial charge in [-0.25, -0.2) is 0 Å². The van der Waals surface area contributed by atoms with Gasteiger partial charge in [-0.3, -0.25) is 19.3 Å². The molecule has 9 heteroatoms. The van der Waals surface area contributed by atoms with Crippen LogP contribution in [-0.2, 0) is 9.59 Å². The lowest BCUT2D eigenvalue weighted by Crippen LogP contribution is -2.42. The standard InChI is InChI=1S/C23H29ClN2O5S/c1-4-30-18-12-16(11-17(24)21(18)31-15(2)3)13-19-22(28)26(23(29)32-19)14-20(27)25-9-7-5-6-8-10-25/h11-13,15H,4-10,14H2,1-3H3. The number of ether oxygens (including phenoxy) is 2. The zero-order valence-electron chi connectivity index (χ0n) is 18.7. The molecule has 0 bridgehead atoms. The number of carbonyl (C=O) groups is 3. The van der Waals surface area contributed by atoms with Crippen molar-refractivity contribution in [2.45, 2.75) is 52.6 Å². The summed E-state index contributed by atoms with van der Waals surface area (Å²) >= 11 is 7.23. The summed E-state index contributed by atoms with van der Waals surface area (Å²) in [5.74, 6) is 0.249. The van der Waals surface area contributed by atoms with Crippen LogP contribution < -0.4 is 9.47 Å². The maximum Gasteiger partial charge on any atom is 0.294 e. The molecule has 32 heavy (non-hydrogen) atoms. The zero-order chi connectivity index (χ0) is 23.3. The Morgan fingerprint density at radius 1 is 1.19 bits per heavy atom. The van der Waals surface area contributed by atoms with Crippen LogP contribution in [0.3, 0.4) is 0 Å². The minimum Gasteiger partial charge on any atom is -0.490 e. The van der Waals surface area contributed by atoms with E-state index in [-0.39, 0.29) is 23.5 Å². The molecular weight excluding hydrogens is 452 g/mol. The average Bonchev–Trinajstić information content (AvgIpc) is 2.93. The Balaban J connectivity index is 1.78. The highest BCUT2D eigenvalue weighted by Crippen LogP contribution is 2.39. The normalized spacial score (nSPS) is 18.5. The highest BCUT2D eigenvalue weighted by Gasteiger charge is 2.37. The first kappa shape index (κ1) is 24.5. The second kappa shape index (κ2) is 11.1. The molecule has 7 nitrogen and oxygen atoms in total. The quantitative estimate of drug-likeness (QED) is 0.513. The molecule has 0 saturated carbocycles. The van der Waals surface area contributed by atoms with Crippen LogP contribution in [0, 0.1) is 0 Å². The van der Waals surface area contributed by atoms with Crippen molar-refractivity contribution in [2.24, 2.45) is 0 Å². The first-order valence-corrected chi connectivity index (χ1v) is 12.2. The number of imide groups is 1. The van der Waals surface area contributed by atoms with Crippen LogP contribution in [0.1, 0.15) is 52.0 Å². The maximum atomic E-state index is 12.9. The number of benzene rings is 1. The van der Waals surface area contributed by atoms with Crippen molar-refractivity contribution in [2.75, 3.05) is 26.2 Å². The van der Waals surface area contributed by atoms with E-state index in [1.807, 2.05) is 20.8 Å². The third kappa shape index (κ3) is 5.98. The molecule has 2 aliphatic rings. The largest absolute Gasteiger partial charge is 0.490 e. The fourth-order valence-electron chi connectivity index (χ4n) is 3.63. The van der Waals surface area contributed by atoms with Crippen molar-refractivity contribution in [3.63, 3.8) is 0 Å². The van der Waals surface area contributed by atoms with Gasteiger partial charge in [-0.15, -0.1) is 0 Å². The summed E-state index contributed by atoms with van der Waals surface area (Å²) in [5, 5.41) is -0.0909. The Morgan fingerprint density at radius 3 is 2.50 bits per heavy atom. The molecule has 2 heterocycles. The van der Waals surface area contributed by atoms with E-state index in [0.717, 1.165) is 42.3 Å². The summed E-state index contributed by atoms with van der Waals surface area (Å²) in [6, 6.07) is 3.39. The summed E-state index contributed by atoms with van der Waals surface area (Å²) in [7, 11) is 0.